The quantitative estimate of drug-likeness (QED) is 0.715. The van der Waals surface area contributed by atoms with Crippen molar-refractivity contribution >= 4 is 5.69 Å². The van der Waals surface area contributed by atoms with E-state index in [2.05, 4.69) is 49.0 Å². The second kappa shape index (κ2) is 8.45. The van der Waals surface area contributed by atoms with Gasteiger partial charge in [-0.3, -0.25) is 0 Å². The summed E-state index contributed by atoms with van der Waals surface area (Å²) in [6.07, 6.45) is 1.37. The standard InChI is InChI=1S/C18H24N2O/c1-3-15(2)21-14-17-11-9-16(10-12-17)13-19-20-18-7-5-4-6-8-18/h4-12,15,19-20H,3,13-14H2,1-2H3. The molecule has 0 spiro atoms. The Morgan fingerprint density at radius 1 is 0.952 bits per heavy atom. The van der Waals surface area contributed by atoms with Crippen molar-refractivity contribution in [3.63, 3.8) is 0 Å². The van der Waals surface area contributed by atoms with Crippen molar-refractivity contribution in [2.75, 3.05) is 5.43 Å². The summed E-state index contributed by atoms with van der Waals surface area (Å²) < 4.78 is 5.73. The molecule has 1 unspecified atom stereocenters. The average molecular weight is 284 g/mol. The number of ether oxygens (including phenoxy) is 1. The van der Waals surface area contributed by atoms with Crippen LogP contribution in [-0.4, -0.2) is 6.10 Å². The van der Waals surface area contributed by atoms with Crippen molar-refractivity contribution in [2.45, 2.75) is 39.5 Å². The van der Waals surface area contributed by atoms with Crippen LogP contribution >= 0.6 is 0 Å². The summed E-state index contributed by atoms with van der Waals surface area (Å²) in [4.78, 5) is 0. The molecule has 2 rings (SSSR count). The Morgan fingerprint density at radius 3 is 2.29 bits per heavy atom. The highest BCUT2D eigenvalue weighted by Crippen LogP contribution is 2.08. The van der Waals surface area contributed by atoms with Crippen molar-refractivity contribution in [3.05, 3.63) is 65.7 Å². The number of nitrogens with one attached hydrogen (secondary N) is 2. The van der Waals surface area contributed by atoms with Gasteiger partial charge in [0, 0.05) is 12.2 Å². The Labute approximate surface area is 127 Å². The third kappa shape index (κ3) is 5.58. The van der Waals surface area contributed by atoms with E-state index in [0.717, 1.165) is 18.7 Å². The Balaban J connectivity index is 1.74. The minimum Gasteiger partial charge on any atom is -0.374 e. The summed E-state index contributed by atoms with van der Waals surface area (Å²) in [6.45, 7) is 5.71. The number of rotatable bonds is 8. The van der Waals surface area contributed by atoms with E-state index in [1.807, 2.05) is 30.3 Å². The van der Waals surface area contributed by atoms with E-state index in [4.69, 9.17) is 4.74 Å². The molecule has 0 aliphatic carbocycles. The van der Waals surface area contributed by atoms with Crippen LogP contribution in [0.4, 0.5) is 5.69 Å². The fourth-order valence-corrected chi connectivity index (χ4v) is 1.88. The maximum Gasteiger partial charge on any atom is 0.0720 e. The highest BCUT2D eigenvalue weighted by atomic mass is 16.5. The van der Waals surface area contributed by atoms with Gasteiger partial charge in [0.05, 0.1) is 12.7 Å². The molecule has 1 atom stereocenters. The summed E-state index contributed by atoms with van der Waals surface area (Å²) in [5, 5.41) is 0. The lowest BCUT2D eigenvalue weighted by Crippen LogP contribution is -2.20. The van der Waals surface area contributed by atoms with E-state index < -0.39 is 0 Å². The Kier molecular flexibility index (Phi) is 6.25. The highest BCUT2D eigenvalue weighted by Gasteiger charge is 2.00. The largest absolute Gasteiger partial charge is 0.374 e. The second-order valence-corrected chi connectivity index (χ2v) is 5.19. The molecule has 0 amide bonds. The molecule has 0 saturated heterocycles. The topological polar surface area (TPSA) is 33.3 Å². The van der Waals surface area contributed by atoms with E-state index >= 15 is 0 Å². The lowest BCUT2D eigenvalue weighted by molar-refractivity contribution is 0.0508. The zero-order valence-electron chi connectivity index (χ0n) is 12.8. The van der Waals surface area contributed by atoms with Gasteiger partial charge in [0.15, 0.2) is 0 Å². The van der Waals surface area contributed by atoms with E-state index in [-0.39, 0.29) is 0 Å². The van der Waals surface area contributed by atoms with Crippen LogP contribution in [0.3, 0.4) is 0 Å². The number of hydrogen-bond donors (Lipinski definition) is 2. The summed E-state index contributed by atoms with van der Waals surface area (Å²) in [5.74, 6) is 0. The van der Waals surface area contributed by atoms with Gasteiger partial charge >= 0.3 is 0 Å². The zero-order chi connectivity index (χ0) is 14.9. The van der Waals surface area contributed by atoms with Crippen molar-refractivity contribution in [3.8, 4) is 0 Å². The molecule has 112 valence electrons. The molecular weight excluding hydrogens is 260 g/mol. The van der Waals surface area contributed by atoms with Gasteiger partial charge in [-0.1, -0.05) is 49.4 Å². The molecular formula is C18H24N2O. The highest BCUT2D eigenvalue weighted by molar-refractivity contribution is 5.41. The minimum atomic E-state index is 0.321. The van der Waals surface area contributed by atoms with Gasteiger partial charge in [-0.05, 0) is 36.6 Å². The molecule has 0 heterocycles. The lowest BCUT2D eigenvalue weighted by atomic mass is 10.1. The molecule has 0 bridgehead atoms. The van der Waals surface area contributed by atoms with Gasteiger partial charge < -0.3 is 10.2 Å². The number of anilines is 1. The first-order valence-corrected chi connectivity index (χ1v) is 7.51. The predicted octanol–water partition coefficient (Wildman–Crippen LogP) is 4.12. The third-order valence-electron chi connectivity index (χ3n) is 3.43. The molecule has 3 heteroatoms. The molecule has 2 N–H and O–H groups in total. The van der Waals surface area contributed by atoms with E-state index in [9.17, 15) is 0 Å². The second-order valence-electron chi connectivity index (χ2n) is 5.19. The van der Waals surface area contributed by atoms with Gasteiger partial charge in [-0.25, -0.2) is 5.43 Å². The van der Waals surface area contributed by atoms with Crippen LogP contribution in [-0.2, 0) is 17.9 Å². The van der Waals surface area contributed by atoms with E-state index in [1.165, 1.54) is 11.1 Å². The summed E-state index contributed by atoms with van der Waals surface area (Å²) in [7, 11) is 0. The first-order chi connectivity index (χ1) is 10.3. The minimum absolute atomic E-state index is 0.321. The molecule has 0 aliphatic rings. The fourth-order valence-electron chi connectivity index (χ4n) is 1.88. The maximum absolute atomic E-state index is 5.73. The monoisotopic (exact) mass is 284 g/mol. The molecule has 0 radical (unpaired) electrons. The van der Waals surface area contributed by atoms with E-state index in [0.29, 0.717) is 12.7 Å². The van der Waals surface area contributed by atoms with Crippen LogP contribution in [0.5, 0.6) is 0 Å². The van der Waals surface area contributed by atoms with Crippen LogP contribution in [0.25, 0.3) is 0 Å². The molecule has 3 nitrogen and oxygen atoms in total. The first kappa shape index (κ1) is 15.5. The normalized spacial score (nSPS) is 12.1. The molecule has 0 saturated carbocycles. The summed E-state index contributed by atoms with van der Waals surface area (Å²) in [5.41, 5.74) is 9.92. The molecule has 0 aromatic heterocycles. The average Bonchev–Trinajstić information content (AvgIpc) is 2.55. The SMILES string of the molecule is CCC(C)OCc1ccc(CNNc2ccccc2)cc1. The van der Waals surface area contributed by atoms with Crippen LogP contribution in [0.2, 0.25) is 0 Å². The lowest BCUT2D eigenvalue weighted by Gasteiger charge is -2.11. The van der Waals surface area contributed by atoms with Crippen LogP contribution in [0.15, 0.2) is 54.6 Å². The molecule has 0 aliphatic heterocycles. The Morgan fingerprint density at radius 2 is 1.62 bits per heavy atom. The summed E-state index contributed by atoms with van der Waals surface area (Å²) >= 11 is 0. The van der Waals surface area contributed by atoms with Crippen LogP contribution < -0.4 is 10.9 Å². The number of hydrazine groups is 1. The van der Waals surface area contributed by atoms with Crippen molar-refractivity contribution in [1.82, 2.24) is 5.43 Å². The van der Waals surface area contributed by atoms with E-state index in [1.54, 1.807) is 0 Å². The van der Waals surface area contributed by atoms with Crippen molar-refractivity contribution < 1.29 is 4.74 Å². The maximum atomic E-state index is 5.73. The van der Waals surface area contributed by atoms with Crippen LogP contribution in [0, 0.1) is 0 Å². The summed E-state index contributed by atoms with van der Waals surface area (Å²) in [6, 6.07) is 18.6. The Bertz CT molecular complexity index is 511. The molecule has 2 aromatic rings. The molecule has 21 heavy (non-hydrogen) atoms. The molecule has 0 fully saturated rings. The first-order valence-electron chi connectivity index (χ1n) is 7.51. The number of hydrogen-bond acceptors (Lipinski definition) is 3. The molecule has 2 aromatic carbocycles. The number of para-hydroxylation sites is 1. The fraction of sp³-hybridized carbons (Fsp3) is 0.333. The van der Waals surface area contributed by atoms with Crippen molar-refractivity contribution in [1.29, 1.82) is 0 Å². The predicted molar refractivity (Wildman–Crippen MR) is 87.9 cm³/mol. The third-order valence-corrected chi connectivity index (χ3v) is 3.43. The van der Waals surface area contributed by atoms with Crippen molar-refractivity contribution in [2.24, 2.45) is 0 Å². The Hall–Kier alpha value is -1.84. The van der Waals surface area contributed by atoms with Gasteiger partial charge in [0.1, 0.15) is 0 Å². The number of benzene rings is 2. The van der Waals surface area contributed by atoms with Crippen LogP contribution in [0.1, 0.15) is 31.4 Å². The van der Waals surface area contributed by atoms with Gasteiger partial charge in [-0.15, -0.1) is 0 Å². The zero-order valence-corrected chi connectivity index (χ0v) is 12.8. The van der Waals surface area contributed by atoms with Gasteiger partial charge in [0.25, 0.3) is 0 Å². The van der Waals surface area contributed by atoms with Gasteiger partial charge in [0.2, 0.25) is 0 Å². The van der Waals surface area contributed by atoms with Gasteiger partial charge in [-0.2, -0.15) is 0 Å². The smallest absolute Gasteiger partial charge is 0.0720 e.